The van der Waals surface area contributed by atoms with Gasteiger partial charge in [-0.05, 0) is 62.8 Å². The van der Waals surface area contributed by atoms with Gasteiger partial charge < -0.3 is 20.9 Å². The molecule has 0 aliphatic rings. The van der Waals surface area contributed by atoms with Crippen molar-refractivity contribution in [2.45, 2.75) is 26.9 Å². The molecule has 2 rings (SSSR count). The van der Waals surface area contributed by atoms with Crippen LogP contribution in [0.1, 0.15) is 34.0 Å². The molecule has 170 valence electrons. The van der Waals surface area contributed by atoms with Crippen molar-refractivity contribution in [2.75, 3.05) is 33.7 Å². The highest BCUT2D eigenvalue weighted by Crippen LogP contribution is 2.09. The Morgan fingerprint density at radius 1 is 1.06 bits per heavy atom. The first-order valence-corrected chi connectivity index (χ1v) is 10.2. The van der Waals surface area contributed by atoms with E-state index in [4.69, 9.17) is 0 Å². The van der Waals surface area contributed by atoms with E-state index >= 15 is 0 Å². The molecule has 0 aliphatic heterocycles. The van der Waals surface area contributed by atoms with E-state index in [1.807, 2.05) is 50.2 Å². The van der Waals surface area contributed by atoms with Crippen LogP contribution in [0.15, 0.2) is 47.5 Å². The van der Waals surface area contributed by atoms with Crippen molar-refractivity contribution in [3.63, 3.8) is 0 Å². The van der Waals surface area contributed by atoms with Gasteiger partial charge in [-0.1, -0.05) is 24.3 Å². The summed E-state index contributed by atoms with van der Waals surface area (Å²) in [5.74, 6) is 0.379. The van der Waals surface area contributed by atoms with Gasteiger partial charge in [0.25, 0.3) is 5.91 Å². The van der Waals surface area contributed by atoms with Crippen LogP contribution < -0.4 is 16.0 Å². The molecule has 31 heavy (non-hydrogen) atoms. The minimum absolute atomic E-state index is 0. The minimum Gasteiger partial charge on any atom is -0.357 e. The molecule has 0 spiro atoms. The van der Waals surface area contributed by atoms with Crippen molar-refractivity contribution in [1.82, 2.24) is 20.9 Å². The molecule has 0 bridgehead atoms. The highest BCUT2D eigenvalue weighted by atomic mass is 127. The van der Waals surface area contributed by atoms with Crippen molar-refractivity contribution in [3.8, 4) is 0 Å². The Labute approximate surface area is 201 Å². The Hall–Kier alpha value is -2.20. The summed E-state index contributed by atoms with van der Waals surface area (Å²) in [4.78, 5) is 18.9. The van der Waals surface area contributed by atoms with Crippen LogP contribution in [0, 0.1) is 12.7 Å². The summed E-state index contributed by atoms with van der Waals surface area (Å²) in [6.07, 6.45) is 0. The van der Waals surface area contributed by atoms with Crippen LogP contribution in [0.2, 0.25) is 0 Å². The number of aryl methyl sites for hydroxylation is 1. The monoisotopic (exact) mass is 541 g/mol. The summed E-state index contributed by atoms with van der Waals surface area (Å²) in [7, 11) is 3.94. The molecule has 2 aromatic carbocycles. The lowest BCUT2D eigenvalue weighted by Gasteiger charge is -2.12. The molecule has 0 radical (unpaired) electrons. The number of guanidine groups is 1. The van der Waals surface area contributed by atoms with Crippen LogP contribution in [0.3, 0.4) is 0 Å². The predicted molar refractivity (Wildman–Crippen MR) is 136 cm³/mol. The first kappa shape index (κ1) is 26.8. The van der Waals surface area contributed by atoms with Crippen LogP contribution in [0.4, 0.5) is 4.39 Å². The number of carbonyl (C=O) groups is 1. The van der Waals surface area contributed by atoms with Gasteiger partial charge in [-0.3, -0.25) is 4.79 Å². The fraction of sp³-hybridized carbons (Fsp3) is 0.391. The number of hydrogen-bond acceptors (Lipinski definition) is 3. The fourth-order valence-corrected chi connectivity index (χ4v) is 2.82. The maximum absolute atomic E-state index is 13.4. The van der Waals surface area contributed by atoms with Crippen LogP contribution in [-0.4, -0.2) is 50.5 Å². The highest BCUT2D eigenvalue weighted by molar-refractivity contribution is 14.0. The fourth-order valence-electron chi connectivity index (χ4n) is 2.82. The second-order valence-electron chi connectivity index (χ2n) is 7.39. The third kappa shape index (κ3) is 9.65. The number of benzene rings is 2. The number of nitrogens with one attached hydrogen (secondary N) is 3. The summed E-state index contributed by atoms with van der Waals surface area (Å²) < 4.78 is 13.4. The van der Waals surface area contributed by atoms with E-state index in [0.29, 0.717) is 36.7 Å². The van der Waals surface area contributed by atoms with E-state index < -0.39 is 0 Å². The SMILES string of the molecule is CCNC(=NCc1cccc(C(=O)NCCN(C)C)c1)NCc1ccc(F)c(C)c1.I. The number of hydrogen-bond donors (Lipinski definition) is 3. The van der Waals surface area contributed by atoms with Crippen LogP contribution in [0.25, 0.3) is 0 Å². The Balaban J connectivity index is 0.00000480. The Morgan fingerprint density at radius 3 is 2.52 bits per heavy atom. The molecule has 0 fully saturated rings. The summed E-state index contributed by atoms with van der Waals surface area (Å²) >= 11 is 0. The largest absolute Gasteiger partial charge is 0.357 e. The molecule has 1 amide bonds. The van der Waals surface area contributed by atoms with E-state index in [1.54, 1.807) is 19.1 Å². The molecule has 2 aromatic rings. The summed E-state index contributed by atoms with van der Waals surface area (Å²) in [6.45, 7) is 6.85. The van der Waals surface area contributed by atoms with Gasteiger partial charge in [-0.15, -0.1) is 24.0 Å². The molecule has 0 aromatic heterocycles. The van der Waals surface area contributed by atoms with Gasteiger partial charge in [0.05, 0.1) is 6.54 Å². The second-order valence-corrected chi connectivity index (χ2v) is 7.39. The number of aliphatic imine (C=N–C) groups is 1. The standard InChI is InChI=1S/C23H32FN5O.HI/c1-5-25-23(28-16-19-9-10-21(24)17(2)13-19)27-15-18-7-6-8-20(14-18)22(30)26-11-12-29(3)4;/h6-10,13-14H,5,11-12,15-16H2,1-4H3,(H,26,30)(H2,25,27,28);1H. The quantitative estimate of drug-likeness (QED) is 0.259. The van der Waals surface area contributed by atoms with Gasteiger partial charge in [-0.25, -0.2) is 9.38 Å². The molecule has 0 atom stereocenters. The van der Waals surface area contributed by atoms with E-state index in [9.17, 15) is 9.18 Å². The molecular formula is C23H33FIN5O. The van der Waals surface area contributed by atoms with Crippen molar-refractivity contribution in [2.24, 2.45) is 4.99 Å². The summed E-state index contributed by atoms with van der Waals surface area (Å²) in [6, 6.07) is 12.5. The number of likely N-dealkylation sites (N-methyl/N-ethyl adjacent to an activating group) is 1. The van der Waals surface area contributed by atoms with E-state index in [0.717, 1.165) is 24.2 Å². The zero-order valence-electron chi connectivity index (χ0n) is 18.7. The number of nitrogens with zero attached hydrogens (tertiary/aromatic N) is 2. The van der Waals surface area contributed by atoms with Crippen molar-refractivity contribution in [1.29, 1.82) is 0 Å². The smallest absolute Gasteiger partial charge is 0.251 e. The lowest BCUT2D eigenvalue weighted by molar-refractivity contribution is 0.0951. The average molecular weight is 541 g/mol. The Kier molecular flexibility index (Phi) is 12.1. The number of amides is 1. The number of halogens is 2. The predicted octanol–water partition coefficient (Wildman–Crippen LogP) is 3.30. The molecule has 0 aliphatic carbocycles. The van der Waals surface area contributed by atoms with E-state index in [1.165, 1.54) is 6.07 Å². The molecule has 6 nitrogen and oxygen atoms in total. The zero-order valence-corrected chi connectivity index (χ0v) is 21.0. The lowest BCUT2D eigenvalue weighted by atomic mass is 10.1. The molecule has 8 heteroatoms. The van der Waals surface area contributed by atoms with E-state index in [-0.39, 0.29) is 35.7 Å². The van der Waals surface area contributed by atoms with Gasteiger partial charge in [0.2, 0.25) is 0 Å². The van der Waals surface area contributed by atoms with Crippen LogP contribution in [-0.2, 0) is 13.1 Å². The molecule has 0 unspecified atom stereocenters. The normalized spacial score (nSPS) is 11.1. The first-order chi connectivity index (χ1) is 14.4. The van der Waals surface area contributed by atoms with Gasteiger partial charge in [0.15, 0.2) is 5.96 Å². The summed E-state index contributed by atoms with van der Waals surface area (Å²) in [5.41, 5.74) is 3.18. The maximum Gasteiger partial charge on any atom is 0.251 e. The van der Waals surface area contributed by atoms with Gasteiger partial charge >= 0.3 is 0 Å². The molecule has 0 saturated heterocycles. The molecule has 0 saturated carbocycles. The first-order valence-electron chi connectivity index (χ1n) is 10.2. The topological polar surface area (TPSA) is 68.8 Å². The second kappa shape index (κ2) is 14.0. The molecule has 0 heterocycles. The number of carbonyl (C=O) groups excluding carboxylic acids is 1. The Bertz CT molecular complexity index is 873. The number of rotatable bonds is 9. The van der Waals surface area contributed by atoms with Crippen molar-refractivity contribution in [3.05, 3.63) is 70.5 Å². The van der Waals surface area contributed by atoms with Gasteiger partial charge in [-0.2, -0.15) is 0 Å². The third-order valence-corrected chi connectivity index (χ3v) is 4.48. The van der Waals surface area contributed by atoms with Crippen molar-refractivity contribution < 1.29 is 9.18 Å². The minimum atomic E-state index is -0.204. The third-order valence-electron chi connectivity index (χ3n) is 4.48. The van der Waals surface area contributed by atoms with Crippen molar-refractivity contribution >= 4 is 35.8 Å². The Morgan fingerprint density at radius 2 is 1.84 bits per heavy atom. The van der Waals surface area contributed by atoms with Gasteiger partial charge in [0.1, 0.15) is 5.82 Å². The summed E-state index contributed by atoms with van der Waals surface area (Å²) in [5, 5.41) is 9.39. The van der Waals surface area contributed by atoms with Crippen LogP contribution >= 0.6 is 24.0 Å². The van der Waals surface area contributed by atoms with Gasteiger partial charge in [0, 0.05) is 31.7 Å². The molecular weight excluding hydrogens is 508 g/mol. The highest BCUT2D eigenvalue weighted by Gasteiger charge is 2.06. The molecule has 3 N–H and O–H groups in total. The average Bonchev–Trinajstić information content (AvgIpc) is 2.72. The van der Waals surface area contributed by atoms with Crippen LogP contribution in [0.5, 0.6) is 0 Å². The lowest BCUT2D eigenvalue weighted by Crippen LogP contribution is -2.36. The zero-order chi connectivity index (χ0) is 21.9. The van der Waals surface area contributed by atoms with E-state index in [2.05, 4.69) is 20.9 Å². The maximum atomic E-state index is 13.4.